The minimum absolute atomic E-state index is 0. The Kier molecular flexibility index (Phi) is 18.7. The van der Waals surface area contributed by atoms with Crippen molar-refractivity contribution in [1.29, 1.82) is 0 Å². The van der Waals surface area contributed by atoms with E-state index in [2.05, 4.69) is 9.98 Å². The van der Waals surface area contributed by atoms with Gasteiger partial charge in [-0.3, -0.25) is 19.6 Å². The molecule has 25 heavy (non-hydrogen) atoms. The molecule has 0 aromatic heterocycles. The third-order valence-electron chi connectivity index (χ3n) is 2.52. The highest BCUT2D eigenvalue weighted by Crippen LogP contribution is 1.98. The Morgan fingerprint density at radius 3 is 1.52 bits per heavy atom. The number of guanidine groups is 2. The smallest absolute Gasteiger partial charge is 0.318 e. The molecule has 0 saturated carbocycles. The van der Waals surface area contributed by atoms with E-state index in [1.165, 1.54) is 0 Å². The number of nitrogens with two attached hydrogens (primary N) is 6. The lowest BCUT2D eigenvalue weighted by molar-refractivity contribution is -0.130. The van der Waals surface area contributed by atoms with E-state index < -0.39 is 23.4 Å². The summed E-state index contributed by atoms with van der Waals surface area (Å²) in [7, 11) is 0. The molecule has 0 amide bonds. The number of hydrogen-bond acceptors (Lipinski definition) is 6. The average Bonchev–Trinajstić information content (AvgIpc) is 2.47. The summed E-state index contributed by atoms with van der Waals surface area (Å²) in [6.45, 7) is 0.837. The van der Waals surface area contributed by atoms with Crippen molar-refractivity contribution in [2.24, 2.45) is 44.4 Å². The molecule has 0 aliphatic rings. The van der Waals surface area contributed by atoms with E-state index in [1.807, 2.05) is 0 Å². The maximum absolute atomic E-state index is 11.8. The van der Waals surface area contributed by atoms with E-state index in [4.69, 9.17) is 46.0 Å². The van der Waals surface area contributed by atoms with Gasteiger partial charge in [-0.1, -0.05) is 0 Å². The number of carbonyl (C=O) groups is 2. The quantitative estimate of drug-likeness (QED) is 0.0984. The second-order valence-electron chi connectivity index (χ2n) is 4.72. The van der Waals surface area contributed by atoms with Gasteiger partial charge in [0.2, 0.25) is 5.24 Å². The third-order valence-corrected chi connectivity index (χ3v) is 2.80. The normalized spacial score (nSPS) is 11.7. The molecule has 0 fully saturated rings. The molecular formula is C12H28ClFN8O3. The van der Waals surface area contributed by atoms with Crippen LogP contribution in [-0.2, 0) is 9.59 Å². The van der Waals surface area contributed by atoms with Crippen LogP contribution in [0.1, 0.15) is 25.7 Å². The standard InChI is InChI=1S/C6H13ClN4O.C6H13FN4O.H2O/c2*7-5(12)4(8)2-1-3-11-6(9)10;/h2*4H,1-3,8H2,(H4,9,10,11);1H2/t2*4-;/m00./s1. The highest BCUT2D eigenvalue weighted by molar-refractivity contribution is 6.64. The Morgan fingerprint density at radius 1 is 0.880 bits per heavy atom. The molecule has 0 heterocycles. The lowest BCUT2D eigenvalue weighted by atomic mass is 10.2. The zero-order valence-electron chi connectivity index (χ0n) is 13.8. The molecule has 0 spiro atoms. The summed E-state index contributed by atoms with van der Waals surface area (Å²) < 4.78 is 11.8. The summed E-state index contributed by atoms with van der Waals surface area (Å²) in [6, 6.07) is -3.15. The summed E-state index contributed by atoms with van der Waals surface area (Å²) in [4.78, 5) is 27.8. The van der Waals surface area contributed by atoms with E-state index >= 15 is 0 Å². The van der Waals surface area contributed by atoms with Gasteiger partial charge in [-0.2, -0.15) is 4.39 Å². The Balaban J connectivity index is -0.000000372. The monoisotopic (exact) mass is 386 g/mol. The van der Waals surface area contributed by atoms with Gasteiger partial charge in [0.1, 0.15) is 0 Å². The molecule has 13 heteroatoms. The van der Waals surface area contributed by atoms with E-state index in [-0.39, 0.29) is 23.8 Å². The van der Waals surface area contributed by atoms with Crippen LogP contribution >= 0.6 is 11.6 Å². The Labute approximate surface area is 150 Å². The van der Waals surface area contributed by atoms with Crippen LogP contribution in [0.3, 0.4) is 0 Å². The van der Waals surface area contributed by atoms with E-state index in [0.29, 0.717) is 32.4 Å². The topological polar surface area (TPSA) is 246 Å². The van der Waals surface area contributed by atoms with Crippen molar-refractivity contribution in [3.05, 3.63) is 0 Å². The first kappa shape index (κ1) is 27.8. The Morgan fingerprint density at radius 2 is 1.24 bits per heavy atom. The molecule has 0 aliphatic heterocycles. The second kappa shape index (κ2) is 16.8. The predicted molar refractivity (Wildman–Crippen MR) is 96.4 cm³/mol. The van der Waals surface area contributed by atoms with Gasteiger partial charge in [-0.15, -0.1) is 0 Å². The minimum Gasteiger partial charge on any atom is -0.412 e. The lowest BCUT2D eigenvalue weighted by Crippen LogP contribution is -2.27. The number of halogens is 2. The average molecular weight is 387 g/mol. The molecule has 0 bridgehead atoms. The molecule has 0 aromatic carbocycles. The van der Waals surface area contributed by atoms with Crippen LogP contribution in [-0.4, -0.2) is 53.8 Å². The maximum Gasteiger partial charge on any atom is 0.318 e. The highest BCUT2D eigenvalue weighted by atomic mass is 35.5. The number of carbonyl (C=O) groups excluding carboxylic acids is 2. The van der Waals surface area contributed by atoms with Gasteiger partial charge in [-0.05, 0) is 37.3 Å². The second-order valence-corrected chi connectivity index (χ2v) is 5.09. The van der Waals surface area contributed by atoms with Crippen LogP contribution in [0.15, 0.2) is 9.98 Å². The van der Waals surface area contributed by atoms with Crippen LogP contribution in [0, 0.1) is 0 Å². The van der Waals surface area contributed by atoms with Crippen molar-refractivity contribution in [1.82, 2.24) is 0 Å². The number of aliphatic imine (C=N–C) groups is 2. The molecule has 0 unspecified atom stereocenters. The first-order chi connectivity index (χ1) is 11.1. The molecule has 11 nitrogen and oxygen atoms in total. The third kappa shape index (κ3) is 22.0. The molecule has 0 rings (SSSR count). The zero-order chi connectivity index (χ0) is 19.1. The number of nitrogens with zero attached hydrogens (tertiary/aromatic N) is 2. The van der Waals surface area contributed by atoms with Gasteiger partial charge in [0.25, 0.3) is 0 Å². The number of rotatable bonds is 10. The first-order valence-corrected chi connectivity index (χ1v) is 7.46. The van der Waals surface area contributed by atoms with Crippen molar-refractivity contribution in [2.45, 2.75) is 37.8 Å². The molecule has 14 N–H and O–H groups in total. The fourth-order valence-corrected chi connectivity index (χ4v) is 1.37. The first-order valence-electron chi connectivity index (χ1n) is 7.08. The van der Waals surface area contributed by atoms with Crippen molar-refractivity contribution < 1.29 is 19.5 Å². The van der Waals surface area contributed by atoms with Crippen molar-refractivity contribution in [3.8, 4) is 0 Å². The lowest BCUT2D eigenvalue weighted by Gasteiger charge is -2.03. The van der Waals surface area contributed by atoms with Crippen LogP contribution in [0.25, 0.3) is 0 Å². The molecule has 148 valence electrons. The van der Waals surface area contributed by atoms with Crippen molar-refractivity contribution in [3.63, 3.8) is 0 Å². The minimum atomic E-state index is -1.50. The zero-order valence-corrected chi connectivity index (χ0v) is 14.6. The summed E-state index contributed by atoms with van der Waals surface area (Å²) in [5, 5.41) is -0.528. The summed E-state index contributed by atoms with van der Waals surface area (Å²) in [6.07, 6.45) is 1.90. The fraction of sp³-hybridized carbons (Fsp3) is 0.667. The van der Waals surface area contributed by atoms with Gasteiger partial charge in [0.15, 0.2) is 11.9 Å². The van der Waals surface area contributed by atoms with Gasteiger partial charge in [0, 0.05) is 13.1 Å². The molecule has 0 saturated heterocycles. The van der Waals surface area contributed by atoms with Crippen molar-refractivity contribution >= 4 is 34.8 Å². The molecular weight excluding hydrogens is 359 g/mol. The Hall–Kier alpha value is -2.02. The largest absolute Gasteiger partial charge is 0.412 e. The van der Waals surface area contributed by atoms with Gasteiger partial charge in [0.05, 0.1) is 12.1 Å². The summed E-state index contributed by atoms with van der Waals surface area (Å²) >= 11 is 5.12. The van der Waals surface area contributed by atoms with Gasteiger partial charge >= 0.3 is 6.04 Å². The summed E-state index contributed by atoms with van der Waals surface area (Å²) in [5.41, 5.74) is 30.6. The van der Waals surface area contributed by atoms with Gasteiger partial charge < -0.3 is 39.9 Å². The van der Waals surface area contributed by atoms with E-state index in [1.54, 1.807) is 0 Å². The van der Waals surface area contributed by atoms with Gasteiger partial charge in [-0.25, -0.2) is 0 Å². The molecule has 0 aromatic rings. The van der Waals surface area contributed by atoms with Crippen LogP contribution in [0.4, 0.5) is 4.39 Å². The van der Waals surface area contributed by atoms with Crippen molar-refractivity contribution in [2.75, 3.05) is 13.1 Å². The van der Waals surface area contributed by atoms with Crippen LogP contribution < -0.4 is 34.4 Å². The van der Waals surface area contributed by atoms with E-state index in [9.17, 15) is 14.0 Å². The maximum atomic E-state index is 11.8. The molecule has 0 radical (unpaired) electrons. The van der Waals surface area contributed by atoms with Crippen LogP contribution in [0.5, 0.6) is 0 Å². The SMILES string of the molecule is NC(N)=NCCC[C@H](N)C(=O)Cl.NC(N)=NCCC[C@H](N)C(=O)F.O. The summed E-state index contributed by atoms with van der Waals surface area (Å²) in [5.74, 6) is 0.0240. The van der Waals surface area contributed by atoms with Crippen LogP contribution in [0.2, 0.25) is 0 Å². The molecule has 2 atom stereocenters. The predicted octanol–water partition coefficient (Wildman–Crippen LogP) is -2.83. The number of hydrogen-bond donors (Lipinski definition) is 6. The molecule has 0 aliphatic carbocycles. The highest BCUT2D eigenvalue weighted by Gasteiger charge is 2.10. The fourth-order valence-electron chi connectivity index (χ4n) is 1.27. The Bertz CT molecular complexity index is 402. The van der Waals surface area contributed by atoms with E-state index in [0.717, 1.165) is 0 Å².